The summed E-state index contributed by atoms with van der Waals surface area (Å²) in [5, 5.41) is 6.86. The van der Waals surface area contributed by atoms with Crippen molar-refractivity contribution in [3.63, 3.8) is 0 Å². The van der Waals surface area contributed by atoms with Crippen LogP contribution < -0.4 is 10.6 Å². The van der Waals surface area contributed by atoms with E-state index in [0.717, 1.165) is 5.69 Å². The quantitative estimate of drug-likeness (QED) is 0.607. The Morgan fingerprint density at radius 1 is 1.04 bits per heavy atom. The summed E-state index contributed by atoms with van der Waals surface area (Å²) in [5.41, 5.74) is 2.61. The molecule has 2 aromatic carbocycles. The summed E-state index contributed by atoms with van der Waals surface area (Å²) in [6, 6.07) is 13.1. The van der Waals surface area contributed by atoms with Crippen molar-refractivity contribution in [3.8, 4) is 0 Å². The molecule has 0 radical (unpaired) electrons. The number of rotatable bonds is 4. The van der Waals surface area contributed by atoms with Crippen molar-refractivity contribution in [2.24, 2.45) is 5.92 Å². The Balaban J connectivity index is 1.74. The Morgan fingerprint density at radius 3 is 2.57 bits per heavy atom. The first-order valence-electron chi connectivity index (χ1n) is 8.97. The summed E-state index contributed by atoms with van der Waals surface area (Å²) in [6.45, 7) is 2.03. The lowest BCUT2D eigenvalue weighted by molar-refractivity contribution is 0.0953. The minimum absolute atomic E-state index is 0.0200. The average Bonchev–Trinajstić information content (AvgIpc) is 2.63. The number of halogens is 2. The first-order chi connectivity index (χ1) is 13.5. The fraction of sp³-hybridized carbons (Fsp3) is 0.190. The van der Waals surface area contributed by atoms with Crippen molar-refractivity contribution in [2.45, 2.75) is 19.8 Å². The molecule has 2 N–H and O–H groups in total. The van der Waals surface area contributed by atoms with E-state index in [-0.39, 0.29) is 17.5 Å². The Morgan fingerprint density at radius 2 is 1.82 bits per heavy atom. The van der Waals surface area contributed by atoms with Crippen molar-refractivity contribution in [2.75, 3.05) is 10.6 Å². The van der Waals surface area contributed by atoms with Gasteiger partial charge >= 0.3 is 0 Å². The third-order valence-corrected chi connectivity index (χ3v) is 4.76. The molecule has 0 saturated carbocycles. The van der Waals surface area contributed by atoms with E-state index in [0.29, 0.717) is 46.6 Å². The van der Waals surface area contributed by atoms with E-state index in [4.69, 9.17) is 11.6 Å². The predicted molar refractivity (Wildman–Crippen MR) is 108 cm³/mol. The number of aromatic nitrogens is 2. The summed E-state index contributed by atoms with van der Waals surface area (Å²) in [4.78, 5) is 21.7. The molecule has 1 unspecified atom stereocenters. The molecule has 3 aromatic rings. The van der Waals surface area contributed by atoms with Gasteiger partial charge in [-0.1, -0.05) is 24.6 Å². The number of carbonyl (C=O) groups excluding carboxylic acids is 1. The Bertz CT molecular complexity index is 1040. The number of hydrogen-bond acceptors (Lipinski definition) is 5. The van der Waals surface area contributed by atoms with Crippen molar-refractivity contribution in [1.29, 1.82) is 0 Å². The van der Waals surface area contributed by atoms with Crippen LogP contribution in [0.15, 0.2) is 48.5 Å². The van der Waals surface area contributed by atoms with Crippen LogP contribution in [0.3, 0.4) is 0 Å². The molecule has 0 saturated heterocycles. The Hall–Kier alpha value is -2.99. The summed E-state index contributed by atoms with van der Waals surface area (Å²) in [5.74, 6) is 0.699. The molecule has 1 heterocycles. The minimum atomic E-state index is -0.320. The number of nitrogens with zero attached hydrogens (tertiary/aromatic N) is 2. The minimum Gasteiger partial charge on any atom is -0.339 e. The van der Waals surface area contributed by atoms with Gasteiger partial charge in [-0.15, -0.1) is 0 Å². The second kappa shape index (κ2) is 7.56. The fourth-order valence-electron chi connectivity index (χ4n) is 3.28. The number of hydrogen-bond donors (Lipinski definition) is 2. The zero-order valence-electron chi connectivity index (χ0n) is 15.2. The van der Waals surface area contributed by atoms with Crippen LogP contribution in [0.4, 0.5) is 27.5 Å². The number of carbonyl (C=O) groups is 1. The highest BCUT2D eigenvalue weighted by Crippen LogP contribution is 2.32. The van der Waals surface area contributed by atoms with E-state index in [1.54, 1.807) is 24.3 Å². The lowest BCUT2D eigenvalue weighted by Gasteiger charge is -2.23. The molecule has 0 spiro atoms. The molecule has 1 aromatic heterocycles. The number of benzene rings is 2. The van der Waals surface area contributed by atoms with Crippen molar-refractivity contribution in [1.82, 2.24) is 9.97 Å². The molecule has 7 heteroatoms. The van der Waals surface area contributed by atoms with E-state index >= 15 is 0 Å². The van der Waals surface area contributed by atoms with Crippen LogP contribution in [0.25, 0.3) is 0 Å². The standard InChI is InChI=1S/C21H18ClFN4O/c1-12-9-17-19(18(28)10-12)20(24-16-4-2-3-13(22)11-16)27-21(26-17)25-15-7-5-14(23)6-8-15/h2-8,11-12H,9-10H2,1H3,(H2,24,25,26,27). The van der Waals surface area contributed by atoms with Gasteiger partial charge in [0.15, 0.2) is 5.78 Å². The summed E-state index contributed by atoms with van der Waals surface area (Å²) in [6.07, 6.45) is 1.15. The zero-order valence-corrected chi connectivity index (χ0v) is 15.9. The molecular formula is C21H18ClFN4O. The maximum Gasteiger partial charge on any atom is 0.229 e. The summed E-state index contributed by atoms with van der Waals surface area (Å²) < 4.78 is 13.2. The average molecular weight is 397 g/mol. The second-order valence-electron chi connectivity index (χ2n) is 6.92. The largest absolute Gasteiger partial charge is 0.339 e. The maximum atomic E-state index is 13.2. The number of fused-ring (bicyclic) bond motifs is 1. The van der Waals surface area contributed by atoms with Gasteiger partial charge in [-0.3, -0.25) is 4.79 Å². The maximum absolute atomic E-state index is 13.2. The van der Waals surface area contributed by atoms with Crippen LogP contribution in [0.5, 0.6) is 0 Å². The first-order valence-corrected chi connectivity index (χ1v) is 9.35. The molecule has 0 bridgehead atoms. The fourth-order valence-corrected chi connectivity index (χ4v) is 3.47. The first kappa shape index (κ1) is 18.4. The number of anilines is 4. The van der Waals surface area contributed by atoms with E-state index in [2.05, 4.69) is 20.6 Å². The van der Waals surface area contributed by atoms with Crippen LogP contribution in [-0.2, 0) is 6.42 Å². The SMILES string of the molecule is CC1CC(=O)c2c(nc(Nc3ccc(F)cc3)nc2Nc2cccc(Cl)c2)C1. The van der Waals surface area contributed by atoms with Gasteiger partial charge in [0.2, 0.25) is 5.95 Å². The summed E-state index contributed by atoms with van der Waals surface area (Å²) in [7, 11) is 0. The van der Waals surface area contributed by atoms with E-state index in [1.807, 2.05) is 19.1 Å². The molecule has 1 aliphatic rings. The van der Waals surface area contributed by atoms with Gasteiger partial charge in [0, 0.05) is 22.8 Å². The highest BCUT2D eigenvalue weighted by molar-refractivity contribution is 6.30. The molecular weight excluding hydrogens is 379 g/mol. The van der Waals surface area contributed by atoms with Crippen LogP contribution >= 0.6 is 11.6 Å². The smallest absolute Gasteiger partial charge is 0.229 e. The van der Waals surface area contributed by atoms with Gasteiger partial charge < -0.3 is 10.6 Å². The van der Waals surface area contributed by atoms with Gasteiger partial charge in [-0.25, -0.2) is 9.37 Å². The summed E-state index contributed by atoms with van der Waals surface area (Å²) >= 11 is 6.07. The van der Waals surface area contributed by atoms with E-state index in [1.165, 1.54) is 12.1 Å². The third kappa shape index (κ3) is 3.97. The Labute approximate surface area is 167 Å². The molecule has 142 valence electrons. The van der Waals surface area contributed by atoms with Crippen molar-refractivity contribution < 1.29 is 9.18 Å². The van der Waals surface area contributed by atoms with Gasteiger partial charge in [-0.2, -0.15) is 4.98 Å². The number of Topliss-reactive ketones (excluding diaryl/α,β-unsaturated/α-hetero) is 1. The van der Waals surface area contributed by atoms with Crippen LogP contribution in [0, 0.1) is 11.7 Å². The van der Waals surface area contributed by atoms with Gasteiger partial charge in [-0.05, 0) is 54.8 Å². The molecule has 5 nitrogen and oxygen atoms in total. The molecule has 1 aliphatic carbocycles. The lowest BCUT2D eigenvalue weighted by Crippen LogP contribution is -2.22. The molecule has 0 fully saturated rings. The molecule has 0 aliphatic heterocycles. The monoisotopic (exact) mass is 396 g/mol. The third-order valence-electron chi connectivity index (χ3n) is 4.53. The lowest BCUT2D eigenvalue weighted by atomic mass is 9.87. The molecule has 4 rings (SSSR count). The molecule has 0 amide bonds. The highest BCUT2D eigenvalue weighted by atomic mass is 35.5. The van der Waals surface area contributed by atoms with E-state index < -0.39 is 0 Å². The zero-order chi connectivity index (χ0) is 19.7. The van der Waals surface area contributed by atoms with Gasteiger partial charge in [0.05, 0.1) is 11.3 Å². The number of nitrogens with one attached hydrogen (secondary N) is 2. The van der Waals surface area contributed by atoms with Gasteiger partial charge in [0.1, 0.15) is 11.6 Å². The van der Waals surface area contributed by atoms with Crippen LogP contribution in [0.2, 0.25) is 5.02 Å². The second-order valence-corrected chi connectivity index (χ2v) is 7.36. The van der Waals surface area contributed by atoms with Crippen LogP contribution in [0.1, 0.15) is 29.4 Å². The Kier molecular flexibility index (Phi) is 4.96. The number of ketones is 1. The van der Waals surface area contributed by atoms with Crippen molar-refractivity contribution >= 4 is 40.5 Å². The van der Waals surface area contributed by atoms with Gasteiger partial charge in [0.25, 0.3) is 0 Å². The van der Waals surface area contributed by atoms with E-state index in [9.17, 15) is 9.18 Å². The molecule has 28 heavy (non-hydrogen) atoms. The molecule has 1 atom stereocenters. The van der Waals surface area contributed by atoms with Crippen molar-refractivity contribution in [3.05, 3.63) is 70.6 Å². The normalized spacial score (nSPS) is 15.8. The topological polar surface area (TPSA) is 66.9 Å². The highest BCUT2D eigenvalue weighted by Gasteiger charge is 2.28. The predicted octanol–water partition coefficient (Wildman–Crippen LogP) is 5.52. The van der Waals surface area contributed by atoms with Crippen LogP contribution in [-0.4, -0.2) is 15.8 Å².